The Labute approximate surface area is 176 Å². The van der Waals surface area contributed by atoms with Gasteiger partial charge >= 0.3 is 0 Å². The van der Waals surface area contributed by atoms with E-state index in [0.717, 1.165) is 42.9 Å². The van der Waals surface area contributed by atoms with Gasteiger partial charge in [-0.15, -0.1) is 0 Å². The number of carbonyl (C=O) groups is 1. The summed E-state index contributed by atoms with van der Waals surface area (Å²) in [5, 5.41) is 2.96. The number of ether oxygens (including phenoxy) is 4. The number of hydrogen-bond acceptors (Lipinski definition) is 6. The number of likely N-dealkylation sites (tertiary alicyclic amines) is 1. The highest BCUT2D eigenvalue weighted by Crippen LogP contribution is 2.38. The predicted octanol–water partition coefficient (Wildman–Crippen LogP) is 3.64. The summed E-state index contributed by atoms with van der Waals surface area (Å²) in [5.74, 6) is 2.77. The molecule has 7 nitrogen and oxygen atoms in total. The van der Waals surface area contributed by atoms with Gasteiger partial charge in [-0.2, -0.15) is 0 Å². The van der Waals surface area contributed by atoms with Gasteiger partial charge in [-0.05, 0) is 49.2 Å². The molecule has 1 fully saturated rings. The Morgan fingerprint density at radius 3 is 2.70 bits per heavy atom. The number of methoxy groups -OCH3 is 2. The molecule has 1 amide bonds. The molecule has 2 aliphatic heterocycles. The quantitative estimate of drug-likeness (QED) is 0.781. The van der Waals surface area contributed by atoms with Crippen molar-refractivity contribution in [3.8, 4) is 23.0 Å². The number of benzene rings is 2. The molecule has 1 N–H and O–H groups in total. The van der Waals surface area contributed by atoms with E-state index in [9.17, 15) is 4.79 Å². The Morgan fingerprint density at radius 2 is 1.90 bits per heavy atom. The van der Waals surface area contributed by atoms with Crippen LogP contribution in [0.15, 0.2) is 36.4 Å². The molecule has 2 heterocycles. The molecule has 1 saturated heterocycles. The summed E-state index contributed by atoms with van der Waals surface area (Å²) in [6, 6.07) is 11.7. The number of amides is 1. The summed E-state index contributed by atoms with van der Waals surface area (Å²) in [4.78, 5) is 15.0. The van der Waals surface area contributed by atoms with Crippen LogP contribution in [0.4, 0.5) is 5.69 Å². The second kappa shape index (κ2) is 9.26. The third-order valence-corrected chi connectivity index (χ3v) is 5.55. The first-order chi connectivity index (χ1) is 14.7. The van der Waals surface area contributed by atoms with Gasteiger partial charge in [0.05, 0.1) is 39.7 Å². The van der Waals surface area contributed by atoms with Crippen LogP contribution in [-0.2, 0) is 4.79 Å². The first-order valence-electron chi connectivity index (χ1n) is 10.3. The summed E-state index contributed by atoms with van der Waals surface area (Å²) >= 11 is 0. The molecule has 2 aromatic carbocycles. The standard InChI is InChI=1S/C23H28N2O5/c1-27-17-7-9-20(28-2)18(14-17)24-23(26)15-25-10-3-5-19(25)16-6-8-21-22(13-16)30-12-4-11-29-21/h6-9,13-14,19H,3-5,10-12,15H2,1-2H3,(H,24,26)/t19-/m1/s1. The zero-order valence-corrected chi connectivity index (χ0v) is 17.5. The van der Waals surface area contributed by atoms with Crippen molar-refractivity contribution in [2.45, 2.75) is 25.3 Å². The fourth-order valence-electron chi connectivity index (χ4n) is 4.07. The molecule has 0 bridgehead atoms. The summed E-state index contributed by atoms with van der Waals surface area (Å²) in [6.45, 7) is 2.52. The van der Waals surface area contributed by atoms with Gasteiger partial charge in [-0.1, -0.05) is 6.07 Å². The number of anilines is 1. The number of hydrogen-bond donors (Lipinski definition) is 1. The fourth-order valence-corrected chi connectivity index (χ4v) is 4.07. The second-order valence-corrected chi connectivity index (χ2v) is 7.50. The Kier molecular flexibility index (Phi) is 6.28. The van der Waals surface area contributed by atoms with E-state index in [-0.39, 0.29) is 11.9 Å². The monoisotopic (exact) mass is 412 g/mol. The highest BCUT2D eigenvalue weighted by atomic mass is 16.5. The molecule has 0 radical (unpaired) electrons. The number of nitrogens with one attached hydrogen (secondary N) is 1. The van der Waals surface area contributed by atoms with E-state index in [1.807, 2.05) is 6.07 Å². The van der Waals surface area contributed by atoms with Gasteiger partial charge in [0.2, 0.25) is 5.91 Å². The number of fused-ring (bicyclic) bond motifs is 1. The van der Waals surface area contributed by atoms with Crippen LogP contribution in [0.2, 0.25) is 0 Å². The molecule has 0 aliphatic carbocycles. The van der Waals surface area contributed by atoms with Crippen molar-refractivity contribution in [2.24, 2.45) is 0 Å². The van der Waals surface area contributed by atoms with Crippen LogP contribution in [-0.4, -0.2) is 51.3 Å². The summed E-state index contributed by atoms with van der Waals surface area (Å²) < 4.78 is 22.2. The Hall–Kier alpha value is -2.93. The predicted molar refractivity (Wildman–Crippen MR) is 114 cm³/mol. The van der Waals surface area contributed by atoms with E-state index in [0.29, 0.717) is 36.9 Å². The lowest BCUT2D eigenvalue weighted by Crippen LogP contribution is -2.33. The van der Waals surface area contributed by atoms with Crippen LogP contribution < -0.4 is 24.3 Å². The molecule has 0 saturated carbocycles. The minimum atomic E-state index is -0.0807. The highest BCUT2D eigenvalue weighted by Gasteiger charge is 2.29. The molecule has 160 valence electrons. The number of rotatable bonds is 6. The maximum absolute atomic E-state index is 12.8. The van der Waals surface area contributed by atoms with Crippen LogP contribution in [0.5, 0.6) is 23.0 Å². The van der Waals surface area contributed by atoms with E-state index < -0.39 is 0 Å². The normalized spacial score (nSPS) is 18.5. The van der Waals surface area contributed by atoms with Gasteiger partial charge < -0.3 is 24.3 Å². The minimum Gasteiger partial charge on any atom is -0.497 e. The average molecular weight is 412 g/mol. The van der Waals surface area contributed by atoms with Gasteiger partial charge in [0.15, 0.2) is 11.5 Å². The molecule has 2 aliphatic rings. The molecule has 4 rings (SSSR count). The average Bonchev–Trinajstić information content (AvgIpc) is 3.08. The van der Waals surface area contributed by atoms with Crippen molar-refractivity contribution < 1.29 is 23.7 Å². The molecule has 7 heteroatoms. The van der Waals surface area contributed by atoms with Crippen molar-refractivity contribution in [2.75, 3.05) is 45.8 Å². The van der Waals surface area contributed by atoms with E-state index in [1.165, 1.54) is 0 Å². The van der Waals surface area contributed by atoms with Crippen LogP contribution in [0.25, 0.3) is 0 Å². The first kappa shape index (κ1) is 20.3. The smallest absolute Gasteiger partial charge is 0.238 e. The molecule has 1 atom stereocenters. The third kappa shape index (κ3) is 4.46. The Balaban J connectivity index is 1.46. The van der Waals surface area contributed by atoms with Crippen molar-refractivity contribution >= 4 is 11.6 Å². The zero-order valence-electron chi connectivity index (χ0n) is 17.5. The van der Waals surface area contributed by atoms with Crippen molar-refractivity contribution in [1.29, 1.82) is 0 Å². The largest absolute Gasteiger partial charge is 0.497 e. The van der Waals surface area contributed by atoms with E-state index in [4.69, 9.17) is 18.9 Å². The number of nitrogens with zero attached hydrogens (tertiary/aromatic N) is 1. The summed E-state index contributed by atoms with van der Waals surface area (Å²) in [7, 11) is 3.18. The summed E-state index contributed by atoms with van der Waals surface area (Å²) in [6.07, 6.45) is 2.94. The first-order valence-corrected chi connectivity index (χ1v) is 10.3. The molecule has 0 unspecified atom stereocenters. The molecule has 0 spiro atoms. The van der Waals surface area contributed by atoms with Crippen LogP contribution >= 0.6 is 0 Å². The Bertz CT molecular complexity index is 901. The lowest BCUT2D eigenvalue weighted by Gasteiger charge is -2.25. The molecular formula is C23H28N2O5. The van der Waals surface area contributed by atoms with Crippen molar-refractivity contribution in [3.63, 3.8) is 0 Å². The van der Waals surface area contributed by atoms with Gasteiger partial charge in [-0.25, -0.2) is 0 Å². The maximum atomic E-state index is 12.8. The fraction of sp³-hybridized carbons (Fsp3) is 0.435. The molecule has 0 aromatic heterocycles. The minimum absolute atomic E-state index is 0.0807. The van der Waals surface area contributed by atoms with E-state index in [1.54, 1.807) is 32.4 Å². The van der Waals surface area contributed by atoms with Crippen molar-refractivity contribution in [3.05, 3.63) is 42.0 Å². The van der Waals surface area contributed by atoms with Crippen LogP contribution in [0, 0.1) is 0 Å². The van der Waals surface area contributed by atoms with Crippen molar-refractivity contribution in [1.82, 2.24) is 4.90 Å². The van der Waals surface area contributed by atoms with Crippen LogP contribution in [0.1, 0.15) is 30.9 Å². The van der Waals surface area contributed by atoms with E-state index >= 15 is 0 Å². The SMILES string of the molecule is COc1ccc(OC)c(NC(=O)CN2CCC[C@@H]2c2ccc3c(c2)OCCCO3)c1. The molecule has 2 aromatic rings. The number of carbonyl (C=O) groups excluding carboxylic acids is 1. The molecular weight excluding hydrogens is 384 g/mol. The third-order valence-electron chi connectivity index (χ3n) is 5.55. The van der Waals surface area contributed by atoms with Gasteiger partial charge in [0.25, 0.3) is 0 Å². The van der Waals surface area contributed by atoms with Crippen LogP contribution in [0.3, 0.4) is 0 Å². The highest BCUT2D eigenvalue weighted by molar-refractivity contribution is 5.94. The van der Waals surface area contributed by atoms with Gasteiger partial charge in [0, 0.05) is 18.5 Å². The van der Waals surface area contributed by atoms with Gasteiger partial charge in [-0.3, -0.25) is 9.69 Å². The second-order valence-electron chi connectivity index (χ2n) is 7.50. The zero-order chi connectivity index (χ0) is 20.9. The Morgan fingerprint density at radius 1 is 1.07 bits per heavy atom. The maximum Gasteiger partial charge on any atom is 0.238 e. The van der Waals surface area contributed by atoms with E-state index in [2.05, 4.69) is 22.3 Å². The summed E-state index contributed by atoms with van der Waals surface area (Å²) in [5.41, 5.74) is 1.76. The lowest BCUT2D eigenvalue weighted by molar-refractivity contribution is -0.117. The van der Waals surface area contributed by atoms with Gasteiger partial charge in [0.1, 0.15) is 11.5 Å². The lowest BCUT2D eigenvalue weighted by atomic mass is 10.0. The topological polar surface area (TPSA) is 69.3 Å². The molecule has 30 heavy (non-hydrogen) atoms.